The first-order valence-corrected chi connectivity index (χ1v) is 12.1. The summed E-state index contributed by atoms with van der Waals surface area (Å²) in [6.07, 6.45) is -0.897. The molecule has 4 rings (SSSR count). The Labute approximate surface area is 209 Å². The highest BCUT2D eigenvalue weighted by Crippen LogP contribution is 2.35. The summed E-state index contributed by atoms with van der Waals surface area (Å²) in [4.78, 5) is 0.907. The lowest BCUT2D eigenvalue weighted by Gasteiger charge is -2.18. The lowest BCUT2D eigenvalue weighted by Crippen LogP contribution is -2.21. The fourth-order valence-electron chi connectivity index (χ4n) is 4.07. The van der Waals surface area contributed by atoms with E-state index in [1.165, 1.54) is 11.5 Å². The second-order valence-corrected chi connectivity index (χ2v) is 9.34. The molecule has 0 radical (unpaired) electrons. The quantitative estimate of drug-likeness (QED) is 0.290. The molecule has 0 unspecified atom stereocenters. The van der Waals surface area contributed by atoms with Crippen LogP contribution in [0.1, 0.15) is 22.3 Å². The van der Waals surface area contributed by atoms with Crippen LogP contribution in [-0.2, 0) is 6.61 Å². The van der Waals surface area contributed by atoms with Crippen molar-refractivity contribution in [1.82, 2.24) is 4.37 Å². The Morgan fingerprint density at radius 3 is 2.26 bits per heavy atom. The van der Waals surface area contributed by atoms with Crippen LogP contribution in [0.4, 0.5) is 0 Å². The predicted molar refractivity (Wildman–Crippen MR) is 138 cm³/mol. The molecular weight excluding hydrogens is 462 g/mol. The molecule has 1 aromatic heterocycles. The van der Waals surface area contributed by atoms with Gasteiger partial charge in [-0.25, -0.2) is 0 Å². The molecule has 0 aliphatic carbocycles. The van der Waals surface area contributed by atoms with Crippen molar-refractivity contribution in [2.45, 2.75) is 33.5 Å². The topological polar surface area (TPSA) is 92.0 Å². The minimum Gasteiger partial charge on any atom is -0.493 e. The first kappa shape index (κ1) is 24.7. The Morgan fingerprint density at radius 1 is 0.914 bits per heavy atom. The zero-order chi connectivity index (χ0) is 24.9. The fourth-order valence-corrected chi connectivity index (χ4v) is 4.71. The van der Waals surface area contributed by atoms with Gasteiger partial charge in [-0.2, -0.15) is 4.37 Å². The summed E-state index contributed by atoms with van der Waals surface area (Å²) in [5.41, 5.74) is 7.68. The number of aromatic nitrogens is 1. The third-order valence-corrected chi connectivity index (χ3v) is 6.73. The van der Waals surface area contributed by atoms with Gasteiger partial charge in [0.05, 0.1) is 11.5 Å². The highest BCUT2D eigenvalue weighted by Gasteiger charge is 2.14. The summed E-state index contributed by atoms with van der Waals surface area (Å²) in [6.45, 7) is 6.36. The molecule has 1 atom stereocenters. The average molecular weight is 492 g/mol. The molecule has 0 fully saturated rings. The first-order chi connectivity index (χ1) is 16.9. The van der Waals surface area contributed by atoms with Crippen LogP contribution in [0.15, 0.2) is 60.7 Å². The number of ether oxygens (including phenoxy) is 2. The van der Waals surface area contributed by atoms with Crippen molar-refractivity contribution >= 4 is 11.5 Å². The maximum atomic E-state index is 9.56. The SMILES string of the molecule is Cc1cc(OC[C@@H](O)CO)cc(C)c1-c1cccc(COc2ccc(-c3cc(O)ns3)cc2)c1C. The van der Waals surface area contributed by atoms with Gasteiger partial charge in [0.2, 0.25) is 5.88 Å². The van der Waals surface area contributed by atoms with E-state index in [1.807, 2.05) is 56.3 Å². The Hall–Kier alpha value is -3.39. The molecule has 35 heavy (non-hydrogen) atoms. The van der Waals surface area contributed by atoms with Gasteiger partial charge in [0.1, 0.15) is 30.8 Å². The summed E-state index contributed by atoms with van der Waals surface area (Å²) < 4.78 is 15.6. The Morgan fingerprint density at radius 2 is 1.63 bits per heavy atom. The van der Waals surface area contributed by atoms with Gasteiger partial charge in [0.15, 0.2) is 0 Å². The van der Waals surface area contributed by atoms with Crippen molar-refractivity contribution < 1.29 is 24.8 Å². The summed E-state index contributed by atoms with van der Waals surface area (Å²) >= 11 is 1.26. The van der Waals surface area contributed by atoms with Crippen LogP contribution in [0.25, 0.3) is 21.6 Å². The van der Waals surface area contributed by atoms with Gasteiger partial charge < -0.3 is 24.8 Å². The highest BCUT2D eigenvalue weighted by atomic mass is 32.1. The number of benzene rings is 3. The standard InChI is InChI=1S/C28H29NO5S/c1-17-11-24(34-16-22(31)14-30)12-18(2)28(17)25-6-4-5-21(19(25)3)15-33-23-9-7-20(8-10-23)26-13-27(32)29-35-26/h4-13,22,30-31H,14-16H2,1-3H3,(H,29,32)/t22-/m0/s1. The van der Waals surface area contributed by atoms with Gasteiger partial charge in [-0.3, -0.25) is 0 Å². The molecular formula is C28H29NO5S. The maximum absolute atomic E-state index is 9.56. The van der Waals surface area contributed by atoms with E-state index in [0.717, 1.165) is 49.6 Å². The van der Waals surface area contributed by atoms with E-state index in [9.17, 15) is 10.2 Å². The Kier molecular flexibility index (Phi) is 7.70. The number of aliphatic hydroxyl groups excluding tert-OH is 2. The number of aryl methyl sites for hydroxylation is 2. The highest BCUT2D eigenvalue weighted by molar-refractivity contribution is 7.09. The van der Waals surface area contributed by atoms with E-state index >= 15 is 0 Å². The number of rotatable bonds is 9. The zero-order valence-corrected chi connectivity index (χ0v) is 20.8. The molecule has 1 heterocycles. The molecule has 7 heteroatoms. The van der Waals surface area contributed by atoms with Crippen molar-refractivity contribution in [3.05, 3.63) is 82.9 Å². The van der Waals surface area contributed by atoms with Gasteiger partial charge >= 0.3 is 0 Å². The molecule has 182 valence electrons. The summed E-state index contributed by atoms with van der Waals surface area (Å²) in [5.74, 6) is 1.48. The van der Waals surface area contributed by atoms with Crippen LogP contribution in [0.5, 0.6) is 17.4 Å². The monoisotopic (exact) mass is 491 g/mol. The van der Waals surface area contributed by atoms with E-state index < -0.39 is 6.10 Å². The number of hydrogen-bond donors (Lipinski definition) is 3. The predicted octanol–water partition coefficient (Wildman–Crippen LogP) is 5.42. The molecule has 3 aromatic carbocycles. The van der Waals surface area contributed by atoms with E-state index in [1.54, 1.807) is 6.07 Å². The van der Waals surface area contributed by atoms with E-state index in [2.05, 4.69) is 23.4 Å². The Balaban J connectivity index is 1.50. The molecule has 6 nitrogen and oxygen atoms in total. The molecule has 0 bridgehead atoms. The molecule has 0 aliphatic heterocycles. The third kappa shape index (κ3) is 5.82. The number of aliphatic hydroxyl groups is 2. The maximum Gasteiger partial charge on any atom is 0.223 e. The van der Waals surface area contributed by atoms with E-state index in [-0.39, 0.29) is 19.1 Å². The lowest BCUT2D eigenvalue weighted by atomic mass is 9.90. The molecule has 0 spiro atoms. The normalized spacial score (nSPS) is 11.9. The number of aromatic hydroxyl groups is 1. The number of nitrogens with zero attached hydrogens (tertiary/aromatic N) is 1. The van der Waals surface area contributed by atoms with Gasteiger partial charge in [-0.15, -0.1) is 0 Å². The largest absolute Gasteiger partial charge is 0.493 e. The van der Waals surface area contributed by atoms with Gasteiger partial charge in [-0.1, -0.05) is 18.2 Å². The average Bonchev–Trinajstić information content (AvgIpc) is 3.29. The molecule has 0 amide bonds. The van der Waals surface area contributed by atoms with Crippen LogP contribution in [-0.4, -0.2) is 39.0 Å². The van der Waals surface area contributed by atoms with Crippen molar-refractivity contribution in [2.24, 2.45) is 0 Å². The fraction of sp³-hybridized carbons (Fsp3) is 0.250. The lowest BCUT2D eigenvalue weighted by molar-refractivity contribution is 0.0536. The van der Waals surface area contributed by atoms with Crippen molar-refractivity contribution in [3.8, 4) is 38.9 Å². The summed E-state index contributed by atoms with van der Waals surface area (Å²) in [7, 11) is 0. The minimum atomic E-state index is -0.897. The van der Waals surface area contributed by atoms with Crippen LogP contribution in [0.2, 0.25) is 0 Å². The van der Waals surface area contributed by atoms with Crippen molar-refractivity contribution in [2.75, 3.05) is 13.2 Å². The molecule has 0 saturated heterocycles. The van der Waals surface area contributed by atoms with Crippen LogP contribution in [0.3, 0.4) is 0 Å². The van der Waals surface area contributed by atoms with Crippen LogP contribution < -0.4 is 9.47 Å². The van der Waals surface area contributed by atoms with Crippen molar-refractivity contribution in [3.63, 3.8) is 0 Å². The smallest absolute Gasteiger partial charge is 0.223 e. The zero-order valence-electron chi connectivity index (χ0n) is 20.0. The Bertz CT molecular complexity index is 1280. The first-order valence-electron chi connectivity index (χ1n) is 11.4. The summed E-state index contributed by atoms with van der Waals surface area (Å²) in [5, 5.41) is 28.0. The molecule has 4 aromatic rings. The number of hydrogen-bond acceptors (Lipinski definition) is 7. The minimum absolute atomic E-state index is 0.0359. The second kappa shape index (κ2) is 10.9. The van der Waals surface area contributed by atoms with Gasteiger partial charge in [0, 0.05) is 6.07 Å². The van der Waals surface area contributed by atoms with Gasteiger partial charge in [-0.05, 0) is 108 Å². The summed E-state index contributed by atoms with van der Waals surface area (Å²) in [6, 6.07) is 19.6. The molecule has 0 saturated carbocycles. The van der Waals surface area contributed by atoms with Crippen LogP contribution >= 0.6 is 11.5 Å². The van der Waals surface area contributed by atoms with Crippen molar-refractivity contribution in [1.29, 1.82) is 0 Å². The third-order valence-electron chi connectivity index (χ3n) is 5.91. The van der Waals surface area contributed by atoms with Gasteiger partial charge in [0.25, 0.3) is 0 Å². The second-order valence-electron chi connectivity index (χ2n) is 8.53. The van der Waals surface area contributed by atoms with E-state index in [4.69, 9.17) is 14.6 Å². The molecule has 3 N–H and O–H groups in total. The van der Waals surface area contributed by atoms with E-state index in [0.29, 0.717) is 12.4 Å². The molecule has 0 aliphatic rings. The van der Waals surface area contributed by atoms with Crippen LogP contribution in [0, 0.1) is 20.8 Å².